The molecule has 0 aliphatic heterocycles. The molecule has 0 aromatic carbocycles. The van der Waals surface area contributed by atoms with Gasteiger partial charge in [-0.2, -0.15) is 13.8 Å². The maximum Gasteiger partial charge on any atom is 0.341 e. The summed E-state index contributed by atoms with van der Waals surface area (Å²) >= 11 is 1.56. The zero-order valence-corrected chi connectivity index (χ0v) is 11.5. The summed E-state index contributed by atoms with van der Waals surface area (Å²) < 4.78 is 30.8. The van der Waals surface area contributed by atoms with Gasteiger partial charge < -0.3 is 4.74 Å². The quantitative estimate of drug-likeness (QED) is 0.156. The van der Waals surface area contributed by atoms with Crippen molar-refractivity contribution in [3.05, 3.63) is 39.2 Å². The molecule has 0 radical (unpaired) electrons. The molecule has 96 valence electrons. The smallest absolute Gasteiger partial charge is 0.341 e. The average Bonchev–Trinajstić information content (AvgIpc) is 2.32. The van der Waals surface area contributed by atoms with Crippen molar-refractivity contribution in [3.8, 4) is 0 Å². The van der Waals surface area contributed by atoms with Crippen LogP contribution in [0.2, 0.25) is 0 Å². The lowest BCUT2D eigenvalue weighted by Crippen LogP contribution is -2.17. The standard InChI is InChI=1S/C11H8F2INO3/c1-3-18-11(17)5(2)8(16)6-4-7(14)10(13)15-9(6)12/h4H,2-3H2,1H3. The van der Waals surface area contributed by atoms with Crippen LogP contribution < -0.4 is 0 Å². The number of carbonyl (C=O) groups is 2. The van der Waals surface area contributed by atoms with Crippen LogP contribution in [-0.4, -0.2) is 23.3 Å². The van der Waals surface area contributed by atoms with Gasteiger partial charge in [-0.3, -0.25) is 4.79 Å². The molecule has 0 aliphatic rings. The summed E-state index contributed by atoms with van der Waals surface area (Å²) in [5.74, 6) is -4.23. The lowest BCUT2D eigenvalue weighted by molar-refractivity contribution is -0.138. The molecule has 0 saturated heterocycles. The summed E-state index contributed by atoms with van der Waals surface area (Å²) in [5, 5.41) is 0. The number of aromatic nitrogens is 1. The zero-order chi connectivity index (χ0) is 13.9. The molecule has 4 nitrogen and oxygen atoms in total. The van der Waals surface area contributed by atoms with Crippen LogP contribution in [0, 0.1) is 15.5 Å². The molecule has 0 unspecified atom stereocenters. The predicted octanol–water partition coefficient (Wildman–Crippen LogP) is 2.27. The van der Waals surface area contributed by atoms with Crippen LogP contribution >= 0.6 is 22.6 Å². The first-order valence-corrected chi connectivity index (χ1v) is 5.88. The predicted molar refractivity (Wildman–Crippen MR) is 67.0 cm³/mol. The maximum absolute atomic E-state index is 13.3. The summed E-state index contributed by atoms with van der Waals surface area (Å²) in [6.45, 7) is 4.84. The van der Waals surface area contributed by atoms with Gasteiger partial charge in [0.25, 0.3) is 0 Å². The van der Waals surface area contributed by atoms with Gasteiger partial charge in [0, 0.05) is 0 Å². The second-order valence-corrected chi connectivity index (χ2v) is 4.29. The molecule has 1 heterocycles. The number of hydrogen-bond donors (Lipinski definition) is 0. The Hall–Kier alpha value is -1.38. The summed E-state index contributed by atoms with van der Waals surface area (Å²) in [6.07, 6.45) is 0. The number of hydrogen-bond acceptors (Lipinski definition) is 4. The second kappa shape index (κ2) is 5.98. The zero-order valence-electron chi connectivity index (χ0n) is 9.30. The van der Waals surface area contributed by atoms with Crippen molar-refractivity contribution in [1.82, 2.24) is 4.98 Å². The Morgan fingerprint density at radius 2 is 2.06 bits per heavy atom. The van der Waals surface area contributed by atoms with Crippen molar-refractivity contribution >= 4 is 34.3 Å². The van der Waals surface area contributed by atoms with E-state index in [2.05, 4.69) is 16.3 Å². The first-order chi connectivity index (χ1) is 8.38. The largest absolute Gasteiger partial charge is 0.462 e. The molecule has 0 atom stereocenters. The molecule has 1 rings (SSSR count). The van der Waals surface area contributed by atoms with Gasteiger partial charge in [-0.05, 0) is 35.6 Å². The van der Waals surface area contributed by atoms with Crippen LogP contribution in [0.3, 0.4) is 0 Å². The molecule has 0 saturated carbocycles. The van der Waals surface area contributed by atoms with Gasteiger partial charge in [-0.15, -0.1) is 0 Å². The monoisotopic (exact) mass is 367 g/mol. The van der Waals surface area contributed by atoms with Crippen molar-refractivity contribution in [2.45, 2.75) is 6.92 Å². The maximum atomic E-state index is 13.3. The molecule has 0 spiro atoms. The van der Waals surface area contributed by atoms with E-state index in [1.165, 1.54) is 0 Å². The fourth-order valence-electron chi connectivity index (χ4n) is 1.08. The van der Waals surface area contributed by atoms with E-state index in [4.69, 9.17) is 0 Å². The number of rotatable bonds is 4. The van der Waals surface area contributed by atoms with E-state index in [0.29, 0.717) is 0 Å². The van der Waals surface area contributed by atoms with Crippen molar-refractivity contribution in [2.24, 2.45) is 0 Å². The molecule has 0 N–H and O–H groups in total. The van der Waals surface area contributed by atoms with Gasteiger partial charge in [0.05, 0.1) is 15.7 Å². The van der Waals surface area contributed by atoms with E-state index in [9.17, 15) is 18.4 Å². The fourth-order valence-corrected chi connectivity index (χ4v) is 1.51. The first-order valence-electron chi connectivity index (χ1n) is 4.80. The number of Topliss-reactive ketones (excluding diaryl/α,β-unsaturated/α-hetero) is 1. The molecular formula is C11H8F2INO3. The van der Waals surface area contributed by atoms with Crippen LogP contribution in [0.25, 0.3) is 0 Å². The number of halogens is 3. The highest BCUT2D eigenvalue weighted by molar-refractivity contribution is 14.1. The minimum Gasteiger partial charge on any atom is -0.462 e. The van der Waals surface area contributed by atoms with E-state index in [0.717, 1.165) is 6.07 Å². The Balaban J connectivity index is 3.08. The van der Waals surface area contributed by atoms with Gasteiger partial charge >= 0.3 is 5.97 Å². The van der Waals surface area contributed by atoms with Crippen LogP contribution in [0.4, 0.5) is 8.78 Å². The summed E-state index contributed by atoms with van der Waals surface area (Å²) in [4.78, 5) is 25.9. The Morgan fingerprint density at radius 3 is 2.61 bits per heavy atom. The topological polar surface area (TPSA) is 56.3 Å². The Morgan fingerprint density at radius 1 is 1.44 bits per heavy atom. The van der Waals surface area contributed by atoms with E-state index < -0.39 is 34.8 Å². The summed E-state index contributed by atoms with van der Waals surface area (Å²) in [7, 11) is 0. The molecule has 0 bridgehead atoms. The molecular weight excluding hydrogens is 359 g/mol. The summed E-state index contributed by atoms with van der Waals surface area (Å²) in [6, 6.07) is 0.963. The SMILES string of the molecule is C=C(C(=O)OCC)C(=O)c1cc(I)c(F)nc1F. The average molecular weight is 367 g/mol. The van der Waals surface area contributed by atoms with E-state index >= 15 is 0 Å². The Labute approximate surface area is 115 Å². The number of esters is 1. The van der Waals surface area contributed by atoms with Crippen LogP contribution in [0.1, 0.15) is 17.3 Å². The lowest BCUT2D eigenvalue weighted by Gasteiger charge is -2.05. The third kappa shape index (κ3) is 3.09. The van der Waals surface area contributed by atoms with Gasteiger partial charge in [0.1, 0.15) is 5.57 Å². The highest BCUT2D eigenvalue weighted by Crippen LogP contribution is 2.17. The van der Waals surface area contributed by atoms with Crippen molar-refractivity contribution in [3.63, 3.8) is 0 Å². The Bertz CT molecular complexity index is 531. The normalized spacial score (nSPS) is 10.0. The van der Waals surface area contributed by atoms with Crippen LogP contribution in [-0.2, 0) is 9.53 Å². The minimum atomic E-state index is -1.29. The minimum absolute atomic E-state index is 0.0333. The van der Waals surface area contributed by atoms with Gasteiger partial charge in [0.15, 0.2) is 0 Å². The number of ketones is 1. The third-order valence-electron chi connectivity index (χ3n) is 1.93. The van der Waals surface area contributed by atoms with Crippen LogP contribution in [0.5, 0.6) is 0 Å². The molecule has 0 fully saturated rings. The van der Waals surface area contributed by atoms with Crippen molar-refractivity contribution < 1.29 is 23.1 Å². The number of nitrogens with zero attached hydrogens (tertiary/aromatic N) is 1. The van der Waals surface area contributed by atoms with Crippen molar-refractivity contribution in [2.75, 3.05) is 6.61 Å². The molecule has 7 heteroatoms. The molecule has 1 aromatic heterocycles. The highest BCUT2D eigenvalue weighted by atomic mass is 127. The lowest BCUT2D eigenvalue weighted by atomic mass is 10.1. The Kier molecular flexibility index (Phi) is 4.88. The molecule has 1 aromatic rings. The van der Waals surface area contributed by atoms with Gasteiger partial charge in [0.2, 0.25) is 17.7 Å². The number of carbonyl (C=O) groups excluding carboxylic acids is 2. The van der Waals surface area contributed by atoms with Gasteiger partial charge in [-0.1, -0.05) is 6.58 Å². The van der Waals surface area contributed by atoms with E-state index in [-0.39, 0.29) is 10.2 Å². The molecule has 0 aliphatic carbocycles. The number of pyridine rings is 1. The van der Waals surface area contributed by atoms with E-state index in [1.54, 1.807) is 29.5 Å². The third-order valence-corrected chi connectivity index (χ3v) is 2.68. The number of ether oxygens (including phenoxy) is 1. The molecule has 0 amide bonds. The van der Waals surface area contributed by atoms with Crippen molar-refractivity contribution in [1.29, 1.82) is 0 Å². The van der Waals surface area contributed by atoms with Gasteiger partial charge in [-0.25, -0.2) is 4.79 Å². The highest BCUT2D eigenvalue weighted by Gasteiger charge is 2.23. The fraction of sp³-hybridized carbons (Fsp3) is 0.182. The summed E-state index contributed by atoms with van der Waals surface area (Å²) in [5.41, 5.74) is -1.04. The first kappa shape index (κ1) is 14.7. The molecule has 18 heavy (non-hydrogen) atoms. The van der Waals surface area contributed by atoms with Crippen LogP contribution in [0.15, 0.2) is 18.2 Å². The second-order valence-electron chi connectivity index (χ2n) is 3.13. The van der Waals surface area contributed by atoms with E-state index in [1.807, 2.05) is 0 Å².